The summed E-state index contributed by atoms with van der Waals surface area (Å²) in [6.45, 7) is 6.32. The van der Waals surface area contributed by atoms with Crippen LogP contribution in [0.3, 0.4) is 0 Å². The maximum Gasteiger partial charge on any atom is 0.438 e. The van der Waals surface area contributed by atoms with Crippen LogP contribution in [-0.4, -0.2) is 50.9 Å². The van der Waals surface area contributed by atoms with Crippen molar-refractivity contribution in [3.05, 3.63) is 58.2 Å². The molecule has 9 heteroatoms. The van der Waals surface area contributed by atoms with Crippen molar-refractivity contribution in [2.75, 3.05) is 26.2 Å². The number of halogens is 1. The second-order valence-corrected chi connectivity index (χ2v) is 6.65. The average molecular weight is 373 g/mol. The Bertz CT molecular complexity index is 954. The highest BCUT2D eigenvalue weighted by molar-refractivity contribution is 5.51. The quantitative estimate of drug-likeness (QED) is 0.673. The number of hydrogen-bond donors (Lipinski definition) is 0. The van der Waals surface area contributed by atoms with E-state index >= 15 is 0 Å². The van der Waals surface area contributed by atoms with Gasteiger partial charge in [0.15, 0.2) is 5.76 Å². The zero-order valence-electron chi connectivity index (χ0n) is 15.0. The molecule has 2 aromatic heterocycles. The van der Waals surface area contributed by atoms with Crippen LogP contribution in [0.1, 0.15) is 11.5 Å². The molecule has 0 unspecified atom stereocenters. The number of piperazine rings is 1. The zero-order chi connectivity index (χ0) is 18.8. The Morgan fingerprint density at radius 2 is 1.81 bits per heavy atom. The van der Waals surface area contributed by atoms with Gasteiger partial charge in [-0.1, -0.05) is 5.16 Å². The third kappa shape index (κ3) is 4.15. The Balaban J connectivity index is 1.35. The third-order valence-corrected chi connectivity index (χ3v) is 4.55. The summed E-state index contributed by atoms with van der Waals surface area (Å²) in [5, 5.41) is 8.13. The van der Waals surface area contributed by atoms with E-state index in [1.165, 1.54) is 28.9 Å². The first-order valence-corrected chi connectivity index (χ1v) is 8.77. The van der Waals surface area contributed by atoms with Gasteiger partial charge in [0.05, 0.1) is 12.2 Å². The largest absolute Gasteiger partial charge is 0.438 e. The molecular formula is C18H20FN5O3. The molecule has 4 rings (SSSR count). The number of nitrogens with zero attached hydrogens (tertiary/aromatic N) is 5. The molecule has 1 aromatic carbocycles. The minimum absolute atomic E-state index is 0.194. The van der Waals surface area contributed by atoms with E-state index in [-0.39, 0.29) is 11.7 Å². The third-order valence-electron chi connectivity index (χ3n) is 4.55. The van der Waals surface area contributed by atoms with Crippen LogP contribution in [0.2, 0.25) is 0 Å². The molecule has 1 fully saturated rings. The number of hydrogen-bond acceptors (Lipinski definition) is 7. The zero-order valence-corrected chi connectivity index (χ0v) is 15.0. The smallest absolute Gasteiger partial charge is 0.388 e. The number of benzene rings is 1. The first-order chi connectivity index (χ1) is 13.1. The molecule has 0 amide bonds. The molecule has 8 nitrogen and oxygen atoms in total. The molecule has 1 aliphatic heterocycles. The van der Waals surface area contributed by atoms with Gasteiger partial charge in [-0.25, -0.2) is 9.18 Å². The first kappa shape index (κ1) is 17.6. The monoisotopic (exact) mass is 373 g/mol. The van der Waals surface area contributed by atoms with E-state index < -0.39 is 5.76 Å². The highest BCUT2D eigenvalue weighted by atomic mass is 19.1. The first-order valence-electron chi connectivity index (χ1n) is 8.77. The number of rotatable bonds is 5. The van der Waals surface area contributed by atoms with Crippen molar-refractivity contribution in [1.82, 2.24) is 24.7 Å². The lowest BCUT2D eigenvalue weighted by Gasteiger charge is -2.33. The lowest BCUT2D eigenvalue weighted by Crippen LogP contribution is -2.47. The summed E-state index contributed by atoms with van der Waals surface area (Å²) in [6, 6.07) is 7.63. The molecule has 0 radical (unpaired) electrons. The number of aryl methyl sites for hydroxylation is 1. The molecule has 0 atom stereocenters. The van der Waals surface area contributed by atoms with E-state index in [0.717, 1.165) is 44.2 Å². The predicted octanol–water partition coefficient (Wildman–Crippen LogP) is 1.71. The molecule has 3 heterocycles. The number of aromatic nitrogens is 3. The normalized spacial score (nSPS) is 16.1. The minimum atomic E-state index is -0.520. The molecule has 0 aliphatic carbocycles. The molecular weight excluding hydrogens is 353 g/mol. The molecule has 27 heavy (non-hydrogen) atoms. The standard InChI is InChI=1S/C18H20FN5O3/c1-13-10-16(27-21-13)11-22-6-8-23(9-7-22)12-24-18(25)26-17(20-24)14-2-4-15(19)5-3-14/h2-5,10H,6-9,11-12H2,1H3. The maximum atomic E-state index is 13.0. The lowest BCUT2D eigenvalue weighted by atomic mass is 10.2. The van der Waals surface area contributed by atoms with E-state index in [1.807, 2.05) is 13.0 Å². The van der Waals surface area contributed by atoms with Crippen molar-refractivity contribution in [1.29, 1.82) is 0 Å². The van der Waals surface area contributed by atoms with Crippen LogP contribution < -0.4 is 5.76 Å². The summed E-state index contributed by atoms with van der Waals surface area (Å²) < 4.78 is 24.8. The van der Waals surface area contributed by atoms with Gasteiger partial charge in [-0.15, -0.1) is 5.10 Å². The minimum Gasteiger partial charge on any atom is -0.388 e. The van der Waals surface area contributed by atoms with Gasteiger partial charge in [0, 0.05) is 37.8 Å². The Hall–Kier alpha value is -2.78. The fraction of sp³-hybridized carbons (Fsp3) is 0.389. The summed E-state index contributed by atoms with van der Waals surface area (Å²) in [7, 11) is 0. The van der Waals surface area contributed by atoms with Gasteiger partial charge in [0.25, 0.3) is 0 Å². The second-order valence-electron chi connectivity index (χ2n) is 6.65. The topological polar surface area (TPSA) is 80.5 Å². The molecule has 0 N–H and O–H groups in total. The molecule has 3 aromatic rings. The second kappa shape index (κ2) is 7.45. The van der Waals surface area contributed by atoms with Crippen LogP contribution in [-0.2, 0) is 13.2 Å². The average Bonchev–Trinajstić information content (AvgIpc) is 3.23. The molecule has 0 saturated carbocycles. The van der Waals surface area contributed by atoms with Gasteiger partial charge >= 0.3 is 5.76 Å². The Kier molecular flexibility index (Phi) is 4.87. The van der Waals surface area contributed by atoms with Gasteiger partial charge < -0.3 is 8.94 Å². The summed E-state index contributed by atoms with van der Waals surface area (Å²) in [5.74, 6) is 0.185. The predicted molar refractivity (Wildman–Crippen MR) is 94.2 cm³/mol. The molecule has 142 valence electrons. The maximum absolute atomic E-state index is 13.0. The molecule has 0 bridgehead atoms. The highest BCUT2D eigenvalue weighted by Gasteiger charge is 2.20. The Morgan fingerprint density at radius 1 is 1.11 bits per heavy atom. The van der Waals surface area contributed by atoms with E-state index in [0.29, 0.717) is 12.2 Å². The van der Waals surface area contributed by atoms with Crippen LogP contribution in [0.4, 0.5) is 4.39 Å². The summed E-state index contributed by atoms with van der Waals surface area (Å²) in [5.41, 5.74) is 1.45. The van der Waals surface area contributed by atoms with Gasteiger partial charge in [-0.3, -0.25) is 9.80 Å². The van der Waals surface area contributed by atoms with E-state index in [1.54, 1.807) is 0 Å². The van der Waals surface area contributed by atoms with Crippen molar-refractivity contribution >= 4 is 0 Å². The summed E-state index contributed by atoms with van der Waals surface area (Å²) >= 11 is 0. The van der Waals surface area contributed by atoms with Gasteiger partial charge in [0.1, 0.15) is 12.5 Å². The van der Waals surface area contributed by atoms with Crippen LogP contribution in [0.5, 0.6) is 0 Å². The van der Waals surface area contributed by atoms with Crippen molar-refractivity contribution in [2.24, 2.45) is 0 Å². The van der Waals surface area contributed by atoms with Gasteiger partial charge in [0.2, 0.25) is 5.89 Å². The van der Waals surface area contributed by atoms with E-state index in [9.17, 15) is 9.18 Å². The van der Waals surface area contributed by atoms with Crippen molar-refractivity contribution in [2.45, 2.75) is 20.1 Å². The summed E-state index contributed by atoms with van der Waals surface area (Å²) in [6.07, 6.45) is 0. The lowest BCUT2D eigenvalue weighted by molar-refractivity contribution is 0.0905. The van der Waals surface area contributed by atoms with Crippen molar-refractivity contribution in [3.63, 3.8) is 0 Å². The van der Waals surface area contributed by atoms with E-state index in [4.69, 9.17) is 8.94 Å². The van der Waals surface area contributed by atoms with Crippen LogP contribution in [0.15, 0.2) is 44.1 Å². The van der Waals surface area contributed by atoms with Gasteiger partial charge in [-0.2, -0.15) is 4.68 Å². The van der Waals surface area contributed by atoms with Crippen molar-refractivity contribution < 1.29 is 13.3 Å². The molecule has 0 spiro atoms. The fourth-order valence-corrected chi connectivity index (χ4v) is 3.09. The Morgan fingerprint density at radius 3 is 2.48 bits per heavy atom. The van der Waals surface area contributed by atoms with Crippen LogP contribution >= 0.6 is 0 Å². The highest BCUT2D eigenvalue weighted by Crippen LogP contribution is 2.16. The van der Waals surface area contributed by atoms with E-state index in [2.05, 4.69) is 20.1 Å². The SMILES string of the molecule is Cc1cc(CN2CCN(Cn3nc(-c4ccc(F)cc4)oc3=O)CC2)on1. The Labute approximate surface area is 154 Å². The van der Waals surface area contributed by atoms with Gasteiger partial charge in [-0.05, 0) is 31.2 Å². The fourth-order valence-electron chi connectivity index (χ4n) is 3.09. The van der Waals surface area contributed by atoms with Crippen LogP contribution in [0.25, 0.3) is 11.5 Å². The van der Waals surface area contributed by atoms with Crippen molar-refractivity contribution in [3.8, 4) is 11.5 Å². The van der Waals surface area contributed by atoms with Crippen LogP contribution in [0, 0.1) is 12.7 Å². The summed E-state index contributed by atoms with van der Waals surface area (Å²) in [4.78, 5) is 16.5. The molecule has 1 aliphatic rings. The molecule has 1 saturated heterocycles.